The summed E-state index contributed by atoms with van der Waals surface area (Å²) < 4.78 is 11.7. The van der Waals surface area contributed by atoms with Crippen molar-refractivity contribution in [3.63, 3.8) is 0 Å². The topological polar surface area (TPSA) is 19.1 Å². The van der Waals surface area contributed by atoms with E-state index < -0.39 is 16.6 Å². The highest BCUT2D eigenvalue weighted by atomic mass is 28.4. The lowest BCUT2D eigenvalue weighted by molar-refractivity contribution is 0.573. The molecular formula is C46H44N2OSi2. The Morgan fingerprint density at radius 1 is 0.392 bits per heavy atom. The van der Waals surface area contributed by atoms with Crippen LogP contribution in [-0.4, -0.2) is 25.8 Å². The average Bonchev–Trinajstić information content (AvgIpc) is 3.59. The monoisotopic (exact) mass is 696 g/mol. The summed E-state index contributed by atoms with van der Waals surface area (Å²) in [5, 5.41) is 7.84. The summed E-state index contributed by atoms with van der Waals surface area (Å²) >= 11 is 0. The summed E-state index contributed by atoms with van der Waals surface area (Å²) in [4.78, 5) is 0. The van der Waals surface area contributed by atoms with Crippen LogP contribution in [0.3, 0.4) is 0 Å². The maximum Gasteiger partial charge on any atom is 0.206 e. The van der Waals surface area contributed by atoms with Gasteiger partial charge in [-0.05, 0) is 83.1 Å². The summed E-state index contributed by atoms with van der Waals surface area (Å²) in [6, 6.07) is 48.7. The van der Waals surface area contributed by atoms with Crippen molar-refractivity contribution in [2.45, 2.75) is 26.2 Å². The molecule has 2 heterocycles. The van der Waals surface area contributed by atoms with Crippen LogP contribution in [-0.2, 0) is 18.2 Å². The molecule has 6 aromatic carbocycles. The van der Waals surface area contributed by atoms with E-state index in [0.29, 0.717) is 0 Å². The molecule has 0 atom stereocenters. The van der Waals surface area contributed by atoms with Gasteiger partial charge in [-0.1, -0.05) is 133 Å². The van der Waals surface area contributed by atoms with Crippen LogP contribution in [0.2, 0.25) is 26.2 Å². The second kappa shape index (κ2) is 12.8. The van der Waals surface area contributed by atoms with Gasteiger partial charge in [-0.15, -0.1) is 0 Å². The lowest BCUT2D eigenvalue weighted by Crippen LogP contribution is -2.57. The third kappa shape index (κ3) is 6.23. The summed E-state index contributed by atoms with van der Waals surface area (Å²) in [7, 11) is -0.0102. The van der Waals surface area contributed by atoms with Crippen LogP contribution < -0.4 is 10.4 Å². The van der Waals surface area contributed by atoms with Gasteiger partial charge in [0, 0.05) is 57.7 Å². The van der Waals surface area contributed by atoms with E-state index in [9.17, 15) is 0 Å². The number of benzene rings is 6. The molecule has 0 saturated heterocycles. The van der Waals surface area contributed by atoms with Crippen molar-refractivity contribution in [2.75, 3.05) is 0 Å². The van der Waals surface area contributed by atoms with E-state index >= 15 is 0 Å². The first-order valence-corrected chi connectivity index (χ1v) is 23.6. The Balaban J connectivity index is 0.938. The van der Waals surface area contributed by atoms with Crippen molar-refractivity contribution >= 4 is 94.9 Å². The second-order valence-electron chi connectivity index (χ2n) is 14.7. The molecule has 2 aromatic heterocycles. The zero-order chi connectivity index (χ0) is 35.3. The van der Waals surface area contributed by atoms with Gasteiger partial charge in [-0.3, -0.25) is 0 Å². The molecule has 0 aliphatic heterocycles. The molecule has 0 unspecified atom stereocenters. The first kappa shape index (κ1) is 33.0. The average molecular weight is 697 g/mol. The Morgan fingerprint density at radius 2 is 0.725 bits per heavy atom. The lowest BCUT2D eigenvalue weighted by atomic mass is 10.1. The van der Waals surface area contributed by atoms with Crippen molar-refractivity contribution in [1.29, 1.82) is 0 Å². The fourth-order valence-corrected chi connectivity index (χ4v) is 15.7. The Morgan fingerprint density at radius 3 is 1.14 bits per heavy atom. The van der Waals surface area contributed by atoms with Crippen LogP contribution in [0.1, 0.15) is 22.3 Å². The fraction of sp³-hybridized carbons (Fsp3) is 0.130. The second-order valence-corrected chi connectivity index (χ2v) is 22.8. The molecule has 0 aliphatic rings. The van der Waals surface area contributed by atoms with E-state index in [2.05, 4.69) is 207 Å². The molecule has 8 rings (SSSR count). The van der Waals surface area contributed by atoms with Crippen molar-refractivity contribution < 1.29 is 4.12 Å². The first-order chi connectivity index (χ1) is 24.6. The highest BCUT2D eigenvalue weighted by molar-refractivity contribution is 6.96. The number of nitrogens with zero attached hydrogens (tertiary/aromatic N) is 2. The van der Waals surface area contributed by atoms with Gasteiger partial charge in [0.1, 0.15) is 0 Å². The molecule has 0 bridgehead atoms. The van der Waals surface area contributed by atoms with Gasteiger partial charge in [0.25, 0.3) is 0 Å². The fourth-order valence-electron chi connectivity index (χ4n) is 7.69. The number of aromatic nitrogens is 2. The van der Waals surface area contributed by atoms with Crippen LogP contribution in [0.15, 0.2) is 133 Å². The van der Waals surface area contributed by atoms with Gasteiger partial charge in [-0.2, -0.15) is 0 Å². The Labute approximate surface area is 303 Å². The van der Waals surface area contributed by atoms with Crippen molar-refractivity contribution in [2.24, 2.45) is 14.1 Å². The summed E-state index contributed by atoms with van der Waals surface area (Å²) in [6.07, 6.45) is 8.84. The lowest BCUT2D eigenvalue weighted by Gasteiger charge is -2.34. The van der Waals surface area contributed by atoms with Gasteiger partial charge in [-0.25, -0.2) is 0 Å². The molecule has 0 fully saturated rings. The van der Waals surface area contributed by atoms with Gasteiger partial charge in [0.05, 0.1) is 0 Å². The Hall–Kier alpha value is -5.21. The third-order valence-electron chi connectivity index (χ3n) is 10.5. The molecule has 0 radical (unpaired) electrons. The zero-order valence-electron chi connectivity index (χ0n) is 30.3. The largest absolute Gasteiger partial charge is 0.449 e. The number of fused-ring (bicyclic) bond motifs is 6. The number of hydrogen-bond acceptors (Lipinski definition) is 1. The van der Waals surface area contributed by atoms with E-state index in [1.807, 2.05) is 0 Å². The summed E-state index contributed by atoms with van der Waals surface area (Å²) in [6.45, 7) is 9.31. The first-order valence-electron chi connectivity index (χ1n) is 17.8. The number of hydrogen-bond donors (Lipinski definition) is 0. The smallest absolute Gasteiger partial charge is 0.206 e. The van der Waals surface area contributed by atoms with E-state index in [4.69, 9.17) is 4.12 Å². The highest BCUT2D eigenvalue weighted by Gasteiger charge is 2.35. The predicted octanol–water partition coefficient (Wildman–Crippen LogP) is 10.9. The zero-order valence-corrected chi connectivity index (χ0v) is 32.3. The molecule has 0 N–H and O–H groups in total. The maximum absolute atomic E-state index is 7.13. The normalized spacial score (nSPS) is 12.8. The minimum absolute atomic E-state index is 1.19. The molecule has 3 nitrogen and oxygen atoms in total. The number of aryl methyl sites for hydroxylation is 2. The van der Waals surface area contributed by atoms with E-state index in [0.717, 1.165) is 0 Å². The quantitative estimate of drug-likeness (QED) is 0.114. The van der Waals surface area contributed by atoms with Crippen molar-refractivity contribution in [3.05, 3.63) is 156 Å². The van der Waals surface area contributed by atoms with Crippen LogP contribution >= 0.6 is 0 Å². The molecule has 0 amide bonds. The molecule has 0 saturated carbocycles. The van der Waals surface area contributed by atoms with E-state index in [-0.39, 0.29) is 0 Å². The van der Waals surface area contributed by atoms with E-state index in [1.54, 1.807) is 0 Å². The van der Waals surface area contributed by atoms with Gasteiger partial charge < -0.3 is 13.2 Å². The number of rotatable bonds is 8. The molecule has 252 valence electrons. The molecular weight excluding hydrogens is 653 g/mol. The molecule has 0 spiro atoms. The summed E-state index contributed by atoms with van der Waals surface area (Å²) in [5.74, 6) is 0. The number of para-hydroxylation sites is 2. The standard InChI is InChI=1S/C46H44N2OSi2/c1-47-43-13-9-7-11-39(43)41-29-23-35(31-45(41)47)17-15-33-19-25-37(26-20-33)50(3,4)49-51(5,6)38-27-21-34(22-28-38)16-18-36-24-30-42-40-12-8-10-14-44(40)48(2)46(42)32-36/h7-32H,1-6H3/b17-15+,18-16+. The SMILES string of the molecule is Cn1c2ccccc2c2ccc(/C=C/c3ccc([Si](C)(C)O[Si](C)(C)c4ccc(/C=C/c5ccc6c7ccccc7n(C)c6c5)cc4)cc3)cc21. The minimum atomic E-state index is -2.15. The molecule has 0 aliphatic carbocycles. The van der Waals surface area contributed by atoms with Crippen LogP contribution in [0.4, 0.5) is 0 Å². The highest BCUT2D eigenvalue weighted by Crippen LogP contribution is 2.30. The molecule has 51 heavy (non-hydrogen) atoms. The van der Waals surface area contributed by atoms with Crippen molar-refractivity contribution in [3.8, 4) is 0 Å². The van der Waals surface area contributed by atoms with Crippen LogP contribution in [0.25, 0.3) is 67.9 Å². The Bertz CT molecular complexity index is 2440. The Kier molecular flexibility index (Phi) is 8.30. The van der Waals surface area contributed by atoms with Gasteiger partial charge in [0.2, 0.25) is 16.6 Å². The molecule has 8 aromatic rings. The third-order valence-corrected chi connectivity index (χ3v) is 18.1. The van der Waals surface area contributed by atoms with Crippen molar-refractivity contribution in [1.82, 2.24) is 9.13 Å². The van der Waals surface area contributed by atoms with E-state index in [1.165, 1.54) is 76.2 Å². The minimum Gasteiger partial charge on any atom is -0.449 e. The predicted molar refractivity (Wildman–Crippen MR) is 227 cm³/mol. The van der Waals surface area contributed by atoms with Gasteiger partial charge in [0.15, 0.2) is 0 Å². The van der Waals surface area contributed by atoms with Crippen LogP contribution in [0, 0.1) is 0 Å². The maximum atomic E-state index is 7.13. The van der Waals surface area contributed by atoms with Crippen LogP contribution in [0.5, 0.6) is 0 Å². The summed E-state index contributed by atoms with van der Waals surface area (Å²) in [5.41, 5.74) is 9.83. The molecule has 5 heteroatoms. The van der Waals surface area contributed by atoms with Gasteiger partial charge >= 0.3 is 0 Å².